The van der Waals surface area contributed by atoms with Crippen LogP contribution in [0.1, 0.15) is 82.8 Å². The first-order valence-corrected chi connectivity index (χ1v) is 15.1. The molecule has 0 bridgehead atoms. The molecule has 3 heterocycles. The molecule has 224 valence electrons. The molecule has 2 aliphatic heterocycles. The van der Waals surface area contributed by atoms with E-state index in [1.807, 2.05) is 35.2 Å². The number of benzene rings is 2. The molecule has 2 aliphatic rings. The lowest BCUT2D eigenvalue weighted by Gasteiger charge is -2.24. The molecule has 10 nitrogen and oxygen atoms in total. The molecule has 1 fully saturated rings. The Morgan fingerprint density at radius 3 is 2.38 bits per heavy atom. The highest BCUT2D eigenvalue weighted by Gasteiger charge is 2.39. The van der Waals surface area contributed by atoms with E-state index in [-0.39, 0.29) is 37.4 Å². The fourth-order valence-electron chi connectivity index (χ4n) is 6.30. The third kappa shape index (κ3) is 5.41. The van der Waals surface area contributed by atoms with Crippen molar-refractivity contribution in [2.45, 2.75) is 71.7 Å². The number of imide groups is 1. The van der Waals surface area contributed by atoms with E-state index in [1.54, 1.807) is 29.2 Å². The van der Waals surface area contributed by atoms with Gasteiger partial charge >= 0.3 is 0 Å². The van der Waals surface area contributed by atoms with Crippen molar-refractivity contribution in [2.75, 3.05) is 38.2 Å². The summed E-state index contributed by atoms with van der Waals surface area (Å²) >= 11 is 0. The molecule has 5 rings (SSSR count). The normalized spacial score (nSPS) is 16.6. The zero-order chi connectivity index (χ0) is 30.0. The number of hydrogen-bond donors (Lipinski definition) is 2. The smallest absolute Gasteiger partial charge is 0.278 e. The van der Waals surface area contributed by atoms with E-state index in [2.05, 4.69) is 11.8 Å². The molecular weight excluding hydrogens is 534 g/mol. The topological polar surface area (TPSA) is 110 Å². The lowest BCUT2D eigenvalue weighted by atomic mass is 10.1. The second-order valence-corrected chi connectivity index (χ2v) is 11.3. The van der Waals surface area contributed by atoms with Crippen molar-refractivity contribution in [3.05, 3.63) is 58.9 Å². The summed E-state index contributed by atoms with van der Waals surface area (Å²) in [6.45, 7) is 6.56. The number of unbranched alkanes of at least 4 members (excludes halogenated alkanes) is 3. The van der Waals surface area contributed by atoms with Gasteiger partial charge in [-0.05, 0) is 31.9 Å². The molecule has 42 heavy (non-hydrogen) atoms. The molecule has 10 heteroatoms. The van der Waals surface area contributed by atoms with Crippen LogP contribution in [0, 0.1) is 0 Å². The Balaban J connectivity index is 1.60. The van der Waals surface area contributed by atoms with Crippen molar-refractivity contribution in [3.8, 4) is 0 Å². The summed E-state index contributed by atoms with van der Waals surface area (Å²) in [4.78, 5) is 45.5. The minimum absolute atomic E-state index is 0.0350. The minimum atomic E-state index is -0.468. The van der Waals surface area contributed by atoms with Crippen LogP contribution in [0.3, 0.4) is 0 Å². The molecule has 3 amide bonds. The standard InChI is InChI=1S/C32H42N5O5/c1-4-6-7-10-14-33(3)30(40)25-18-27-28(19-26(25)34-15-13-22(39)20-34)36(16-17-38)29(35(27)5-2)21-37-31(41)23-11-8-9-12-24(23)32(37)42/h8-9,11-12,18-19,22,38-39H,4-7,10,13-17,20-21H2,1-3H3/q+1. The zero-order valence-electron chi connectivity index (χ0n) is 24.9. The summed E-state index contributed by atoms with van der Waals surface area (Å²) < 4.78 is 3.97. The first-order valence-electron chi connectivity index (χ1n) is 15.1. The Morgan fingerprint density at radius 2 is 1.79 bits per heavy atom. The highest BCUT2D eigenvalue weighted by Crippen LogP contribution is 2.32. The van der Waals surface area contributed by atoms with Crippen molar-refractivity contribution in [2.24, 2.45) is 0 Å². The number of imidazole rings is 1. The maximum atomic E-state index is 13.9. The molecule has 0 radical (unpaired) electrons. The van der Waals surface area contributed by atoms with Gasteiger partial charge in [-0.15, -0.1) is 0 Å². The number of aliphatic hydroxyl groups is 2. The molecule has 0 spiro atoms. The lowest BCUT2D eigenvalue weighted by molar-refractivity contribution is -0.681. The van der Waals surface area contributed by atoms with Gasteiger partial charge in [-0.25, -0.2) is 9.13 Å². The lowest BCUT2D eigenvalue weighted by Crippen LogP contribution is -2.43. The number of hydrogen-bond acceptors (Lipinski definition) is 6. The Bertz CT molecular complexity index is 1460. The number of carbonyl (C=O) groups excluding carboxylic acids is 3. The van der Waals surface area contributed by atoms with E-state index in [0.29, 0.717) is 55.1 Å². The number of aromatic nitrogens is 2. The van der Waals surface area contributed by atoms with E-state index in [1.165, 1.54) is 4.90 Å². The number of nitrogens with zero attached hydrogens (tertiary/aromatic N) is 5. The fraction of sp³-hybridized carbons (Fsp3) is 0.500. The van der Waals surface area contributed by atoms with Crippen molar-refractivity contribution in [1.29, 1.82) is 0 Å². The summed E-state index contributed by atoms with van der Waals surface area (Å²) in [5.41, 5.74) is 3.68. The van der Waals surface area contributed by atoms with Crippen molar-refractivity contribution < 1.29 is 29.2 Å². The van der Waals surface area contributed by atoms with Gasteiger partial charge in [-0.2, -0.15) is 0 Å². The van der Waals surface area contributed by atoms with Crippen molar-refractivity contribution >= 4 is 34.4 Å². The largest absolute Gasteiger partial charge is 0.392 e. The summed E-state index contributed by atoms with van der Waals surface area (Å²) in [6.07, 6.45) is 4.42. The summed E-state index contributed by atoms with van der Waals surface area (Å²) in [5.74, 6) is -0.0667. The molecular formula is C32H42N5O5+. The highest BCUT2D eigenvalue weighted by atomic mass is 16.3. The molecule has 0 saturated carbocycles. The Kier molecular flexibility index (Phi) is 8.93. The summed E-state index contributed by atoms with van der Waals surface area (Å²) in [5, 5.41) is 20.4. The third-order valence-electron chi connectivity index (χ3n) is 8.54. The first-order chi connectivity index (χ1) is 20.3. The van der Waals surface area contributed by atoms with E-state index in [9.17, 15) is 24.6 Å². The van der Waals surface area contributed by atoms with E-state index in [4.69, 9.17) is 0 Å². The van der Waals surface area contributed by atoms with Crippen LogP contribution in [-0.2, 0) is 19.6 Å². The Labute approximate surface area is 246 Å². The van der Waals surface area contributed by atoms with Crippen LogP contribution in [0.5, 0.6) is 0 Å². The highest BCUT2D eigenvalue weighted by molar-refractivity contribution is 6.21. The predicted molar refractivity (Wildman–Crippen MR) is 159 cm³/mol. The molecule has 2 N–H and O–H groups in total. The van der Waals surface area contributed by atoms with Crippen LogP contribution < -0.4 is 9.47 Å². The second-order valence-electron chi connectivity index (χ2n) is 11.3. The third-order valence-corrected chi connectivity index (χ3v) is 8.54. The van der Waals surface area contributed by atoms with Crippen molar-refractivity contribution in [3.63, 3.8) is 0 Å². The van der Waals surface area contributed by atoms with Crippen molar-refractivity contribution in [1.82, 2.24) is 14.4 Å². The van der Waals surface area contributed by atoms with Crippen LogP contribution >= 0.6 is 0 Å². The van der Waals surface area contributed by atoms with Crippen LogP contribution in [0.4, 0.5) is 5.69 Å². The fourth-order valence-corrected chi connectivity index (χ4v) is 6.30. The van der Waals surface area contributed by atoms with Gasteiger partial charge in [0.05, 0.1) is 41.6 Å². The van der Waals surface area contributed by atoms with Gasteiger partial charge in [0, 0.05) is 38.8 Å². The maximum absolute atomic E-state index is 13.9. The molecule has 0 aliphatic carbocycles. The van der Waals surface area contributed by atoms with Gasteiger partial charge in [-0.3, -0.25) is 19.3 Å². The number of fused-ring (bicyclic) bond motifs is 2. The molecule has 1 aromatic heterocycles. The average Bonchev–Trinajstić information content (AvgIpc) is 3.63. The monoisotopic (exact) mass is 576 g/mol. The molecule has 2 aromatic carbocycles. The van der Waals surface area contributed by atoms with Gasteiger partial charge in [0.1, 0.15) is 13.1 Å². The predicted octanol–water partition coefficient (Wildman–Crippen LogP) is 2.96. The van der Waals surface area contributed by atoms with Crippen LogP contribution in [0.2, 0.25) is 0 Å². The average molecular weight is 577 g/mol. The quantitative estimate of drug-likeness (QED) is 0.195. The number of aliphatic hydroxyl groups excluding tert-OH is 2. The zero-order valence-corrected chi connectivity index (χ0v) is 24.9. The van der Waals surface area contributed by atoms with Gasteiger partial charge in [0.25, 0.3) is 23.5 Å². The Morgan fingerprint density at radius 1 is 1.07 bits per heavy atom. The van der Waals surface area contributed by atoms with E-state index < -0.39 is 6.10 Å². The van der Waals surface area contributed by atoms with Crippen LogP contribution in [-0.4, -0.2) is 81.7 Å². The van der Waals surface area contributed by atoms with Gasteiger partial charge < -0.3 is 20.0 Å². The Hall–Kier alpha value is -3.76. The summed E-state index contributed by atoms with van der Waals surface area (Å²) in [7, 11) is 1.83. The summed E-state index contributed by atoms with van der Waals surface area (Å²) in [6, 6.07) is 10.7. The van der Waals surface area contributed by atoms with Gasteiger partial charge in [0.2, 0.25) is 0 Å². The maximum Gasteiger partial charge on any atom is 0.278 e. The number of anilines is 1. The van der Waals surface area contributed by atoms with Gasteiger partial charge in [0.15, 0.2) is 11.0 Å². The molecule has 1 unspecified atom stereocenters. The second kappa shape index (κ2) is 12.6. The minimum Gasteiger partial charge on any atom is -0.392 e. The number of aryl methyl sites for hydroxylation is 1. The SMILES string of the molecule is CCCCCCN(C)C(=O)c1cc2c(cc1N1CCC(O)C1)[n+](CCO)c(CN1C(=O)c3ccccc3C1=O)n2CC. The first kappa shape index (κ1) is 29.7. The number of rotatable bonds is 12. The number of β-amino-alcohol motifs (C(OH)–C–C–N with tert-alkyl or cyclic N) is 1. The van der Waals surface area contributed by atoms with Crippen LogP contribution in [0.15, 0.2) is 36.4 Å². The molecule has 3 aromatic rings. The molecule has 1 atom stereocenters. The van der Waals surface area contributed by atoms with E-state index in [0.717, 1.165) is 42.4 Å². The van der Waals surface area contributed by atoms with Gasteiger partial charge in [-0.1, -0.05) is 38.3 Å². The number of amides is 3. The van der Waals surface area contributed by atoms with Crippen LogP contribution in [0.25, 0.3) is 11.0 Å². The van der Waals surface area contributed by atoms with E-state index >= 15 is 0 Å². The number of carbonyl (C=O) groups is 3. The molecule has 1 saturated heterocycles.